The minimum Gasteiger partial charge on any atom is -0.449 e. The molecule has 134 valence electrons. The van der Waals surface area contributed by atoms with E-state index in [2.05, 4.69) is 10.3 Å². The monoisotopic (exact) mass is 359 g/mol. The molecule has 1 heterocycles. The first kappa shape index (κ1) is 18.1. The first-order valence-electron chi connectivity index (χ1n) is 8.36. The van der Waals surface area contributed by atoms with Gasteiger partial charge in [-0.25, -0.2) is 4.79 Å². The van der Waals surface area contributed by atoms with Crippen molar-refractivity contribution >= 4 is 28.5 Å². The van der Waals surface area contributed by atoms with Gasteiger partial charge < -0.3 is 10.1 Å². The number of fused-ring (bicyclic) bond motifs is 1. The van der Waals surface area contributed by atoms with Crippen molar-refractivity contribution in [3.05, 3.63) is 71.4 Å². The number of nitrogens with one attached hydrogen (secondary N) is 1. The molecule has 1 aromatic heterocycles. The Labute approximate surface area is 156 Å². The summed E-state index contributed by atoms with van der Waals surface area (Å²) in [5, 5.41) is 12.1. The smallest absolute Gasteiger partial charge is 0.339 e. The van der Waals surface area contributed by atoms with Crippen LogP contribution in [0.5, 0.6) is 0 Å². The third-order valence-corrected chi connectivity index (χ3v) is 4.00. The van der Waals surface area contributed by atoms with Gasteiger partial charge in [0.15, 0.2) is 6.10 Å². The summed E-state index contributed by atoms with van der Waals surface area (Å²) in [4.78, 5) is 29.3. The fraction of sp³-hybridized carbons (Fsp3) is 0.143. The van der Waals surface area contributed by atoms with Gasteiger partial charge in [0.25, 0.3) is 5.91 Å². The van der Waals surface area contributed by atoms with Crippen molar-refractivity contribution in [1.29, 1.82) is 5.26 Å². The van der Waals surface area contributed by atoms with Gasteiger partial charge in [-0.3, -0.25) is 9.78 Å². The number of aromatic nitrogens is 1. The molecule has 1 N–H and O–H groups in total. The Balaban J connectivity index is 1.73. The average Bonchev–Trinajstić information content (AvgIpc) is 2.67. The van der Waals surface area contributed by atoms with E-state index in [1.54, 1.807) is 43.3 Å². The SMILES string of the molecule is Cc1cc(C(=O)O[C@H](C)C(=O)Nc2ccc(C#N)cc2)c2ccccc2n1. The summed E-state index contributed by atoms with van der Waals surface area (Å²) in [7, 11) is 0. The quantitative estimate of drug-likeness (QED) is 0.719. The molecule has 0 spiro atoms. The molecule has 0 aliphatic rings. The minimum atomic E-state index is -0.986. The highest BCUT2D eigenvalue weighted by atomic mass is 16.5. The van der Waals surface area contributed by atoms with Gasteiger partial charge in [-0.15, -0.1) is 0 Å². The van der Waals surface area contributed by atoms with Crippen LogP contribution in [0.3, 0.4) is 0 Å². The lowest BCUT2D eigenvalue weighted by Gasteiger charge is -2.14. The van der Waals surface area contributed by atoms with Crippen LogP contribution in [0.2, 0.25) is 0 Å². The topological polar surface area (TPSA) is 92.1 Å². The maximum absolute atomic E-state index is 12.6. The molecule has 0 saturated carbocycles. The molecule has 3 aromatic rings. The predicted molar refractivity (Wildman–Crippen MR) is 101 cm³/mol. The third-order valence-electron chi connectivity index (χ3n) is 4.00. The number of aryl methyl sites for hydroxylation is 1. The molecule has 1 atom stereocenters. The zero-order valence-electron chi connectivity index (χ0n) is 14.9. The number of anilines is 1. The van der Waals surface area contributed by atoms with Gasteiger partial charge in [-0.05, 0) is 50.2 Å². The first-order chi connectivity index (χ1) is 13.0. The highest BCUT2D eigenvalue weighted by molar-refractivity contribution is 6.05. The summed E-state index contributed by atoms with van der Waals surface area (Å²) in [6.07, 6.45) is -0.986. The van der Waals surface area contributed by atoms with Crippen molar-refractivity contribution in [3.63, 3.8) is 0 Å². The maximum atomic E-state index is 12.6. The predicted octanol–water partition coefficient (Wildman–Crippen LogP) is 3.60. The van der Waals surface area contributed by atoms with Crippen LogP contribution in [0.4, 0.5) is 5.69 Å². The average molecular weight is 359 g/mol. The highest BCUT2D eigenvalue weighted by Gasteiger charge is 2.21. The molecule has 0 aliphatic carbocycles. The number of carbonyl (C=O) groups excluding carboxylic acids is 2. The number of hydrogen-bond donors (Lipinski definition) is 1. The van der Waals surface area contributed by atoms with Crippen molar-refractivity contribution in [2.45, 2.75) is 20.0 Å². The van der Waals surface area contributed by atoms with Gasteiger partial charge in [0.05, 0.1) is 22.7 Å². The van der Waals surface area contributed by atoms with E-state index in [0.29, 0.717) is 33.4 Å². The molecule has 0 saturated heterocycles. The van der Waals surface area contributed by atoms with Gasteiger partial charge in [-0.1, -0.05) is 18.2 Å². The summed E-state index contributed by atoms with van der Waals surface area (Å²) >= 11 is 0. The molecule has 0 fully saturated rings. The molecular formula is C21H17N3O3. The van der Waals surface area contributed by atoms with Gasteiger partial charge in [0, 0.05) is 16.8 Å². The largest absolute Gasteiger partial charge is 0.449 e. The Morgan fingerprint density at radius 3 is 2.56 bits per heavy atom. The highest BCUT2D eigenvalue weighted by Crippen LogP contribution is 2.20. The number of nitriles is 1. The van der Waals surface area contributed by atoms with E-state index < -0.39 is 18.0 Å². The second-order valence-corrected chi connectivity index (χ2v) is 6.05. The molecular weight excluding hydrogens is 342 g/mol. The number of ether oxygens (including phenoxy) is 1. The Bertz CT molecular complexity index is 1050. The van der Waals surface area contributed by atoms with E-state index in [-0.39, 0.29) is 0 Å². The molecule has 0 bridgehead atoms. The first-order valence-corrected chi connectivity index (χ1v) is 8.36. The molecule has 27 heavy (non-hydrogen) atoms. The molecule has 6 nitrogen and oxygen atoms in total. The summed E-state index contributed by atoms with van der Waals surface area (Å²) < 4.78 is 5.35. The number of amides is 1. The summed E-state index contributed by atoms with van der Waals surface area (Å²) in [6, 6.07) is 17.4. The number of benzene rings is 2. The van der Waals surface area contributed by atoms with Crippen LogP contribution >= 0.6 is 0 Å². The minimum absolute atomic E-state index is 0.371. The second-order valence-electron chi connectivity index (χ2n) is 6.05. The summed E-state index contributed by atoms with van der Waals surface area (Å²) in [6.45, 7) is 3.30. The van der Waals surface area contributed by atoms with Crippen molar-refractivity contribution in [2.75, 3.05) is 5.32 Å². The van der Waals surface area contributed by atoms with Gasteiger partial charge in [0.1, 0.15) is 0 Å². The molecule has 3 rings (SSSR count). The van der Waals surface area contributed by atoms with E-state index in [1.165, 1.54) is 6.92 Å². The van der Waals surface area contributed by atoms with Crippen molar-refractivity contribution in [3.8, 4) is 6.07 Å². The van der Waals surface area contributed by atoms with E-state index >= 15 is 0 Å². The summed E-state index contributed by atoms with van der Waals surface area (Å²) in [5.74, 6) is -1.04. The van der Waals surface area contributed by atoms with E-state index in [0.717, 1.165) is 0 Å². The summed E-state index contributed by atoms with van der Waals surface area (Å²) in [5.41, 5.74) is 2.77. The van der Waals surface area contributed by atoms with Crippen molar-refractivity contribution < 1.29 is 14.3 Å². The second kappa shape index (κ2) is 7.67. The number of hydrogen-bond acceptors (Lipinski definition) is 5. The normalized spacial score (nSPS) is 11.4. The number of para-hydroxylation sites is 1. The fourth-order valence-electron chi connectivity index (χ4n) is 2.63. The number of carbonyl (C=O) groups is 2. The maximum Gasteiger partial charge on any atom is 0.339 e. The van der Waals surface area contributed by atoms with Crippen LogP contribution < -0.4 is 5.32 Å². The van der Waals surface area contributed by atoms with E-state index in [1.807, 2.05) is 24.3 Å². The Morgan fingerprint density at radius 2 is 1.85 bits per heavy atom. The van der Waals surface area contributed by atoms with Gasteiger partial charge in [-0.2, -0.15) is 5.26 Å². The lowest BCUT2D eigenvalue weighted by Crippen LogP contribution is -2.30. The molecule has 0 unspecified atom stereocenters. The van der Waals surface area contributed by atoms with Crippen LogP contribution in [-0.4, -0.2) is 23.0 Å². The molecule has 0 aliphatic heterocycles. The number of esters is 1. The number of rotatable bonds is 4. The lowest BCUT2D eigenvalue weighted by molar-refractivity contribution is -0.123. The van der Waals surface area contributed by atoms with Crippen LogP contribution in [0, 0.1) is 18.3 Å². The lowest BCUT2D eigenvalue weighted by atomic mass is 10.1. The van der Waals surface area contributed by atoms with Crippen molar-refractivity contribution in [1.82, 2.24) is 4.98 Å². The van der Waals surface area contributed by atoms with Crippen LogP contribution in [0.1, 0.15) is 28.5 Å². The number of pyridine rings is 1. The Morgan fingerprint density at radius 1 is 1.15 bits per heavy atom. The molecule has 0 radical (unpaired) electrons. The van der Waals surface area contributed by atoms with Crippen LogP contribution in [-0.2, 0) is 9.53 Å². The Kier molecular flexibility index (Phi) is 5.13. The van der Waals surface area contributed by atoms with Gasteiger partial charge >= 0.3 is 5.97 Å². The standard InChI is InChI=1S/C21H17N3O3/c1-13-11-18(17-5-3-4-6-19(17)23-13)21(26)27-14(2)20(25)24-16-9-7-15(12-22)8-10-16/h3-11,14H,1-2H3,(H,24,25)/t14-/m1/s1. The van der Waals surface area contributed by atoms with Gasteiger partial charge in [0.2, 0.25) is 0 Å². The van der Waals surface area contributed by atoms with E-state index in [9.17, 15) is 9.59 Å². The van der Waals surface area contributed by atoms with E-state index in [4.69, 9.17) is 10.00 Å². The third kappa shape index (κ3) is 4.10. The molecule has 6 heteroatoms. The van der Waals surface area contributed by atoms with Crippen LogP contribution in [0.25, 0.3) is 10.9 Å². The van der Waals surface area contributed by atoms with Crippen LogP contribution in [0.15, 0.2) is 54.6 Å². The Hall–Kier alpha value is -3.72. The zero-order chi connectivity index (χ0) is 19.4. The number of nitrogens with zero attached hydrogens (tertiary/aromatic N) is 2. The fourth-order valence-corrected chi connectivity index (χ4v) is 2.63. The molecule has 2 aromatic carbocycles. The molecule has 1 amide bonds. The zero-order valence-corrected chi connectivity index (χ0v) is 14.9. The van der Waals surface area contributed by atoms with Crippen molar-refractivity contribution in [2.24, 2.45) is 0 Å².